The first kappa shape index (κ1) is 11.3. The molecule has 1 aliphatic rings. The van der Waals surface area contributed by atoms with Gasteiger partial charge in [0.2, 0.25) is 11.7 Å². The number of nitrogens with zero attached hydrogens (tertiary/aromatic N) is 3. The lowest BCUT2D eigenvalue weighted by Gasteiger charge is -2.01. The van der Waals surface area contributed by atoms with Gasteiger partial charge in [-0.2, -0.15) is 4.98 Å². The van der Waals surface area contributed by atoms with Crippen LogP contribution in [0, 0.1) is 6.92 Å². The molecule has 1 aliphatic heterocycles. The fourth-order valence-corrected chi connectivity index (χ4v) is 2.04. The molecule has 2 atom stereocenters. The molecule has 2 aromatic rings. The monoisotopic (exact) mass is 246 g/mol. The average Bonchev–Trinajstić information content (AvgIpc) is 2.97. The molecule has 0 unspecified atom stereocenters. The second kappa shape index (κ2) is 4.47. The van der Waals surface area contributed by atoms with Crippen molar-refractivity contribution in [1.29, 1.82) is 0 Å². The summed E-state index contributed by atoms with van der Waals surface area (Å²) in [6.07, 6.45) is 1.98. The SMILES string of the molecule is Cc1ccnc(-c2noc([C@@H]3C[C@H](O)CN3)n2)c1. The Morgan fingerprint density at radius 3 is 3.11 bits per heavy atom. The lowest BCUT2D eigenvalue weighted by molar-refractivity contribution is 0.191. The summed E-state index contributed by atoms with van der Waals surface area (Å²) in [5.74, 6) is 0.988. The van der Waals surface area contributed by atoms with E-state index in [2.05, 4.69) is 20.4 Å². The molecule has 6 nitrogen and oxygen atoms in total. The Balaban J connectivity index is 1.85. The molecular formula is C12H14N4O2. The molecule has 2 N–H and O–H groups in total. The fraction of sp³-hybridized carbons (Fsp3) is 0.417. The minimum Gasteiger partial charge on any atom is -0.392 e. The number of rotatable bonds is 2. The number of nitrogens with one attached hydrogen (secondary N) is 1. The van der Waals surface area contributed by atoms with Gasteiger partial charge in [0.05, 0.1) is 12.1 Å². The highest BCUT2D eigenvalue weighted by molar-refractivity contribution is 5.49. The average molecular weight is 246 g/mol. The van der Waals surface area contributed by atoms with Gasteiger partial charge < -0.3 is 14.9 Å². The fourth-order valence-electron chi connectivity index (χ4n) is 2.04. The van der Waals surface area contributed by atoms with Crippen LogP contribution in [-0.2, 0) is 0 Å². The Kier molecular flexibility index (Phi) is 2.81. The minimum absolute atomic E-state index is 0.0638. The van der Waals surface area contributed by atoms with Gasteiger partial charge in [0, 0.05) is 12.7 Å². The van der Waals surface area contributed by atoms with Crippen molar-refractivity contribution in [3.05, 3.63) is 29.8 Å². The first-order valence-electron chi connectivity index (χ1n) is 5.90. The number of aryl methyl sites for hydroxylation is 1. The third-order valence-electron chi connectivity index (χ3n) is 2.99. The van der Waals surface area contributed by atoms with E-state index in [9.17, 15) is 5.11 Å². The second-order valence-electron chi connectivity index (χ2n) is 4.53. The quantitative estimate of drug-likeness (QED) is 0.816. The molecule has 1 fully saturated rings. The van der Waals surface area contributed by atoms with E-state index in [0.717, 1.165) is 5.56 Å². The molecular weight excluding hydrogens is 232 g/mol. The van der Waals surface area contributed by atoms with Crippen LogP contribution in [0.2, 0.25) is 0 Å². The zero-order valence-electron chi connectivity index (χ0n) is 10.00. The predicted octanol–water partition coefficient (Wildman–Crippen LogP) is 0.835. The van der Waals surface area contributed by atoms with E-state index in [1.807, 2.05) is 19.1 Å². The topological polar surface area (TPSA) is 84.1 Å². The minimum atomic E-state index is -0.345. The first-order valence-corrected chi connectivity index (χ1v) is 5.90. The molecule has 2 aromatic heterocycles. The molecule has 6 heteroatoms. The number of aromatic nitrogens is 3. The zero-order chi connectivity index (χ0) is 12.5. The maximum atomic E-state index is 9.46. The summed E-state index contributed by atoms with van der Waals surface area (Å²) in [6.45, 7) is 2.55. The van der Waals surface area contributed by atoms with Gasteiger partial charge in [0.1, 0.15) is 5.69 Å². The molecule has 0 radical (unpaired) electrons. The summed E-state index contributed by atoms with van der Waals surface area (Å²) >= 11 is 0. The Hall–Kier alpha value is -1.79. The highest BCUT2D eigenvalue weighted by Crippen LogP contribution is 2.24. The van der Waals surface area contributed by atoms with Crippen molar-refractivity contribution in [2.24, 2.45) is 0 Å². The molecule has 0 bridgehead atoms. The number of hydrogen-bond donors (Lipinski definition) is 2. The summed E-state index contributed by atoms with van der Waals surface area (Å²) in [5.41, 5.74) is 1.80. The van der Waals surface area contributed by atoms with Crippen LogP contribution in [0.5, 0.6) is 0 Å². The van der Waals surface area contributed by atoms with E-state index in [-0.39, 0.29) is 12.1 Å². The normalized spacial score (nSPS) is 23.4. The largest absolute Gasteiger partial charge is 0.392 e. The number of aliphatic hydroxyl groups excluding tert-OH is 1. The van der Waals surface area contributed by atoms with Gasteiger partial charge in [0.25, 0.3) is 0 Å². The Labute approximate surface area is 104 Å². The summed E-state index contributed by atoms with van der Waals surface area (Å²) in [6, 6.07) is 3.76. The zero-order valence-corrected chi connectivity index (χ0v) is 10.00. The molecule has 0 amide bonds. The van der Waals surface area contributed by atoms with Gasteiger partial charge in [-0.15, -0.1) is 0 Å². The van der Waals surface area contributed by atoms with Crippen molar-refractivity contribution in [2.45, 2.75) is 25.5 Å². The van der Waals surface area contributed by atoms with Gasteiger partial charge >= 0.3 is 0 Å². The van der Waals surface area contributed by atoms with Crippen LogP contribution in [0.1, 0.15) is 23.9 Å². The molecule has 0 spiro atoms. The van der Waals surface area contributed by atoms with E-state index in [1.54, 1.807) is 6.20 Å². The molecule has 18 heavy (non-hydrogen) atoms. The summed E-state index contributed by atoms with van der Waals surface area (Å²) in [5, 5.41) is 16.5. The van der Waals surface area contributed by atoms with Gasteiger partial charge in [0.15, 0.2) is 0 Å². The van der Waals surface area contributed by atoms with Crippen LogP contribution >= 0.6 is 0 Å². The molecule has 0 aromatic carbocycles. The summed E-state index contributed by atoms with van der Waals surface area (Å²) in [4.78, 5) is 8.53. The van der Waals surface area contributed by atoms with E-state index in [0.29, 0.717) is 30.4 Å². The number of hydrogen-bond acceptors (Lipinski definition) is 6. The molecule has 3 heterocycles. The highest BCUT2D eigenvalue weighted by Gasteiger charge is 2.28. The first-order chi connectivity index (χ1) is 8.72. The molecule has 0 aliphatic carbocycles. The van der Waals surface area contributed by atoms with Crippen molar-refractivity contribution < 1.29 is 9.63 Å². The molecule has 0 saturated carbocycles. The number of β-amino-alcohol motifs (C(OH)–C–C–N with tert-alkyl or cyclic N) is 1. The standard InChI is InChI=1S/C12H14N4O2/c1-7-2-3-13-9(4-7)11-15-12(18-16-11)10-5-8(17)6-14-10/h2-4,8,10,14,17H,5-6H2,1H3/t8-,10-/m0/s1. The van der Waals surface area contributed by atoms with E-state index in [4.69, 9.17) is 4.52 Å². The highest BCUT2D eigenvalue weighted by atomic mass is 16.5. The summed E-state index contributed by atoms with van der Waals surface area (Å²) in [7, 11) is 0. The van der Waals surface area contributed by atoms with Crippen molar-refractivity contribution in [1.82, 2.24) is 20.4 Å². The number of aliphatic hydroxyl groups is 1. The summed E-state index contributed by atoms with van der Waals surface area (Å²) < 4.78 is 5.22. The van der Waals surface area contributed by atoms with Gasteiger partial charge in [-0.1, -0.05) is 5.16 Å². The maximum Gasteiger partial charge on any atom is 0.244 e. The molecule has 3 rings (SSSR count). The van der Waals surface area contributed by atoms with Gasteiger partial charge in [-0.05, 0) is 31.0 Å². The van der Waals surface area contributed by atoms with Crippen LogP contribution in [-0.4, -0.2) is 32.9 Å². The van der Waals surface area contributed by atoms with Crippen molar-refractivity contribution in [3.63, 3.8) is 0 Å². The van der Waals surface area contributed by atoms with E-state index in [1.165, 1.54) is 0 Å². The third-order valence-corrected chi connectivity index (χ3v) is 2.99. The van der Waals surface area contributed by atoms with Gasteiger partial charge in [-0.25, -0.2) is 0 Å². The Bertz CT molecular complexity index is 555. The number of pyridine rings is 1. The third kappa shape index (κ3) is 2.12. The van der Waals surface area contributed by atoms with Crippen molar-refractivity contribution in [2.75, 3.05) is 6.54 Å². The van der Waals surface area contributed by atoms with Crippen molar-refractivity contribution >= 4 is 0 Å². The second-order valence-corrected chi connectivity index (χ2v) is 4.53. The van der Waals surface area contributed by atoms with Gasteiger partial charge in [-0.3, -0.25) is 4.98 Å². The van der Waals surface area contributed by atoms with Crippen LogP contribution < -0.4 is 5.32 Å². The van der Waals surface area contributed by atoms with Crippen LogP contribution in [0.3, 0.4) is 0 Å². The lowest BCUT2D eigenvalue weighted by atomic mass is 10.2. The van der Waals surface area contributed by atoms with Crippen LogP contribution in [0.15, 0.2) is 22.9 Å². The lowest BCUT2D eigenvalue weighted by Crippen LogP contribution is -2.15. The predicted molar refractivity (Wildman–Crippen MR) is 63.6 cm³/mol. The van der Waals surface area contributed by atoms with E-state index >= 15 is 0 Å². The van der Waals surface area contributed by atoms with Crippen LogP contribution in [0.4, 0.5) is 0 Å². The Morgan fingerprint density at radius 1 is 1.50 bits per heavy atom. The molecule has 94 valence electrons. The molecule has 1 saturated heterocycles. The maximum absolute atomic E-state index is 9.46. The Morgan fingerprint density at radius 2 is 2.39 bits per heavy atom. The smallest absolute Gasteiger partial charge is 0.244 e. The van der Waals surface area contributed by atoms with Crippen LogP contribution in [0.25, 0.3) is 11.5 Å². The van der Waals surface area contributed by atoms with Crippen molar-refractivity contribution in [3.8, 4) is 11.5 Å². The van der Waals surface area contributed by atoms with E-state index < -0.39 is 0 Å².